The molecule has 0 aliphatic carbocycles. The first kappa shape index (κ1) is 18.7. The molecule has 1 amide bonds. The highest BCUT2D eigenvalue weighted by Crippen LogP contribution is 2.30. The summed E-state index contributed by atoms with van der Waals surface area (Å²) < 4.78 is 10.5. The molecule has 2 N–H and O–H groups in total. The Balaban J connectivity index is 1.69. The Bertz CT molecular complexity index is 1010. The van der Waals surface area contributed by atoms with E-state index >= 15 is 0 Å². The molecule has 2 aromatic carbocycles. The third-order valence-electron chi connectivity index (χ3n) is 3.83. The molecule has 1 heterocycles. The lowest BCUT2D eigenvalue weighted by Crippen LogP contribution is -2.14. The van der Waals surface area contributed by atoms with Gasteiger partial charge in [-0.25, -0.2) is 9.97 Å². The van der Waals surface area contributed by atoms with Crippen LogP contribution >= 0.6 is 0 Å². The monoisotopic (exact) mass is 375 g/mol. The van der Waals surface area contributed by atoms with Crippen molar-refractivity contribution in [3.8, 4) is 17.6 Å². The van der Waals surface area contributed by atoms with E-state index in [0.29, 0.717) is 34.3 Å². The smallest absolute Gasteiger partial charge is 0.275 e. The first-order chi connectivity index (χ1) is 13.6. The minimum absolute atomic E-state index is 0.164. The maximum atomic E-state index is 12.3. The highest BCUT2D eigenvalue weighted by Gasteiger charge is 2.10. The summed E-state index contributed by atoms with van der Waals surface area (Å²) in [4.78, 5) is 20.6. The summed E-state index contributed by atoms with van der Waals surface area (Å²) in [5.74, 6) is 1.32. The number of methoxy groups -OCH3 is 2. The van der Waals surface area contributed by atoms with Gasteiger partial charge < -0.3 is 20.1 Å². The van der Waals surface area contributed by atoms with E-state index in [1.165, 1.54) is 12.4 Å². The van der Waals surface area contributed by atoms with Gasteiger partial charge in [0.1, 0.15) is 23.0 Å². The molecular formula is C20H17N5O3. The van der Waals surface area contributed by atoms with E-state index in [0.717, 1.165) is 0 Å². The standard InChI is InChI=1S/C20H17N5O3/c1-27-15-7-8-16(18(9-15)28-2)25-19-12-22-17(11-23-19)20(26)24-14-5-3-13(10-21)4-6-14/h3-9,11-12H,1-2H3,(H,23,25)(H,24,26). The number of amides is 1. The summed E-state index contributed by atoms with van der Waals surface area (Å²) in [6.45, 7) is 0. The second-order valence-corrected chi connectivity index (χ2v) is 5.62. The van der Waals surface area contributed by atoms with Gasteiger partial charge in [-0.2, -0.15) is 5.26 Å². The molecule has 8 nitrogen and oxygen atoms in total. The van der Waals surface area contributed by atoms with Crippen molar-refractivity contribution in [2.45, 2.75) is 0 Å². The van der Waals surface area contributed by atoms with E-state index in [1.807, 2.05) is 6.07 Å². The van der Waals surface area contributed by atoms with Gasteiger partial charge in [-0.1, -0.05) is 0 Å². The number of carbonyl (C=O) groups is 1. The Morgan fingerprint density at radius 2 is 1.82 bits per heavy atom. The predicted octanol–water partition coefficient (Wildman–Crippen LogP) is 3.36. The van der Waals surface area contributed by atoms with Crippen LogP contribution < -0.4 is 20.1 Å². The normalized spacial score (nSPS) is 9.89. The predicted molar refractivity (Wildman–Crippen MR) is 104 cm³/mol. The molecule has 0 atom stereocenters. The highest BCUT2D eigenvalue weighted by molar-refractivity contribution is 6.02. The van der Waals surface area contributed by atoms with E-state index in [4.69, 9.17) is 14.7 Å². The van der Waals surface area contributed by atoms with E-state index in [2.05, 4.69) is 20.6 Å². The fourth-order valence-corrected chi connectivity index (χ4v) is 2.37. The zero-order valence-corrected chi connectivity index (χ0v) is 15.3. The molecule has 28 heavy (non-hydrogen) atoms. The van der Waals surface area contributed by atoms with Crippen LogP contribution in [-0.2, 0) is 0 Å². The number of hydrogen-bond acceptors (Lipinski definition) is 7. The molecule has 1 aromatic heterocycles. The van der Waals surface area contributed by atoms with Gasteiger partial charge in [-0.3, -0.25) is 4.79 Å². The number of nitrogens with one attached hydrogen (secondary N) is 2. The molecule has 3 aromatic rings. The minimum Gasteiger partial charge on any atom is -0.497 e. The van der Waals surface area contributed by atoms with Crippen molar-refractivity contribution in [2.75, 3.05) is 24.9 Å². The maximum Gasteiger partial charge on any atom is 0.275 e. The van der Waals surface area contributed by atoms with Crippen molar-refractivity contribution in [3.05, 3.63) is 66.1 Å². The Hall–Kier alpha value is -4.12. The number of nitrogens with zero attached hydrogens (tertiary/aromatic N) is 3. The van der Waals surface area contributed by atoms with E-state index in [1.54, 1.807) is 56.7 Å². The van der Waals surface area contributed by atoms with Gasteiger partial charge in [-0.05, 0) is 36.4 Å². The zero-order chi connectivity index (χ0) is 19.9. The van der Waals surface area contributed by atoms with Gasteiger partial charge in [0, 0.05) is 11.8 Å². The molecule has 0 saturated carbocycles. The number of benzene rings is 2. The number of nitriles is 1. The van der Waals surface area contributed by atoms with Gasteiger partial charge in [0.25, 0.3) is 5.91 Å². The number of ether oxygens (including phenoxy) is 2. The molecule has 0 bridgehead atoms. The number of anilines is 3. The Kier molecular flexibility index (Phi) is 5.67. The summed E-state index contributed by atoms with van der Waals surface area (Å²) in [6, 6.07) is 13.9. The molecule has 0 aliphatic rings. The van der Waals surface area contributed by atoms with Crippen molar-refractivity contribution in [2.24, 2.45) is 0 Å². The van der Waals surface area contributed by atoms with Crippen molar-refractivity contribution in [3.63, 3.8) is 0 Å². The van der Waals surface area contributed by atoms with Crippen molar-refractivity contribution in [1.82, 2.24) is 9.97 Å². The molecular weight excluding hydrogens is 358 g/mol. The van der Waals surface area contributed by atoms with Crippen LogP contribution in [-0.4, -0.2) is 30.1 Å². The fraction of sp³-hybridized carbons (Fsp3) is 0.100. The van der Waals surface area contributed by atoms with Crippen molar-refractivity contribution in [1.29, 1.82) is 5.26 Å². The van der Waals surface area contributed by atoms with Gasteiger partial charge in [0.15, 0.2) is 0 Å². The van der Waals surface area contributed by atoms with Gasteiger partial charge in [-0.15, -0.1) is 0 Å². The number of carbonyl (C=O) groups excluding carboxylic acids is 1. The first-order valence-electron chi connectivity index (χ1n) is 8.25. The van der Waals surface area contributed by atoms with Crippen LogP contribution in [0.2, 0.25) is 0 Å². The van der Waals surface area contributed by atoms with Crippen LogP contribution in [0.5, 0.6) is 11.5 Å². The average Bonchev–Trinajstić information content (AvgIpc) is 2.75. The van der Waals surface area contributed by atoms with Crippen LogP contribution in [0.3, 0.4) is 0 Å². The van der Waals surface area contributed by atoms with Crippen LogP contribution in [0.1, 0.15) is 16.1 Å². The summed E-state index contributed by atoms with van der Waals surface area (Å²) in [5.41, 5.74) is 1.93. The molecule has 3 rings (SSSR count). The number of hydrogen-bond donors (Lipinski definition) is 2. The highest BCUT2D eigenvalue weighted by atomic mass is 16.5. The number of rotatable bonds is 6. The Labute approximate surface area is 161 Å². The van der Waals surface area contributed by atoms with Crippen LogP contribution in [0, 0.1) is 11.3 Å². The summed E-state index contributed by atoms with van der Waals surface area (Å²) in [5, 5.41) is 14.6. The lowest BCUT2D eigenvalue weighted by Gasteiger charge is -2.12. The summed E-state index contributed by atoms with van der Waals surface area (Å²) in [6.07, 6.45) is 2.83. The topological polar surface area (TPSA) is 109 Å². The van der Waals surface area contributed by atoms with E-state index in [9.17, 15) is 4.79 Å². The van der Waals surface area contributed by atoms with Crippen molar-refractivity contribution < 1.29 is 14.3 Å². The van der Waals surface area contributed by atoms with Crippen LogP contribution in [0.15, 0.2) is 54.9 Å². The SMILES string of the molecule is COc1ccc(Nc2cnc(C(=O)Nc3ccc(C#N)cc3)cn2)c(OC)c1. The summed E-state index contributed by atoms with van der Waals surface area (Å²) in [7, 11) is 3.14. The fourth-order valence-electron chi connectivity index (χ4n) is 2.37. The van der Waals surface area contributed by atoms with Gasteiger partial charge in [0.05, 0.1) is 43.9 Å². The zero-order valence-electron chi connectivity index (χ0n) is 15.3. The second kappa shape index (κ2) is 8.51. The van der Waals surface area contributed by atoms with E-state index < -0.39 is 5.91 Å². The molecule has 8 heteroatoms. The summed E-state index contributed by atoms with van der Waals surface area (Å²) >= 11 is 0. The third-order valence-corrected chi connectivity index (χ3v) is 3.83. The van der Waals surface area contributed by atoms with Crippen molar-refractivity contribution >= 4 is 23.1 Å². The van der Waals surface area contributed by atoms with Gasteiger partial charge >= 0.3 is 0 Å². The lowest BCUT2D eigenvalue weighted by atomic mass is 10.2. The molecule has 0 unspecified atom stereocenters. The lowest BCUT2D eigenvalue weighted by molar-refractivity contribution is 0.102. The van der Waals surface area contributed by atoms with Crippen LogP contribution in [0.4, 0.5) is 17.2 Å². The maximum absolute atomic E-state index is 12.3. The van der Waals surface area contributed by atoms with Gasteiger partial charge in [0.2, 0.25) is 0 Å². The molecule has 140 valence electrons. The Morgan fingerprint density at radius 1 is 1.04 bits per heavy atom. The molecule has 0 fully saturated rings. The molecule has 0 aliphatic heterocycles. The van der Waals surface area contributed by atoms with E-state index in [-0.39, 0.29) is 5.69 Å². The average molecular weight is 375 g/mol. The Morgan fingerprint density at radius 3 is 2.43 bits per heavy atom. The third kappa shape index (κ3) is 4.34. The quantitative estimate of drug-likeness (QED) is 0.680. The molecule has 0 radical (unpaired) electrons. The largest absolute Gasteiger partial charge is 0.497 e. The minimum atomic E-state index is -0.397. The first-order valence-corrected chi connectivity index (χ1v) is 8.25. The van der Waals surface area contributed by atoms with Crippen LogP contribution in [0.25, 0.3) is 0 Å². The number of aromatic nitrogens is 2. The second-order valence-electron chi connectivity index (χ2n) is 5.62. The molecule has 0 spiro atoms. The molecule has 0 saturated heterocycles.